The van der Waals surface area contributed by atoms with Crippen LogP contribution in [0.25, 0.3) is 0 Å². The molecule has 2 N–H and O–H groups in total. The molecule has 0 saturated carbocycles. The third-order valence-corrected chi connectivity index (χ3v) is 2.65. The molecule has 1 aromatic carbocycles. The first-order valence-electron chi connectivity index (χ1n) is 6.73. The second-order valence-corrected chi connectivity index (χ2v) is 4.41. The lowest BCUT2D eigenvalue weighted by atomic mass is 10.2. The minimum absolute atomic E-state index is 0. The molecule has 0 saturated heterocycles. The van der Waals surface area contributed by atoms with Gasteiger partial charge in [0.25, 0.3) is 0 Å². The number of halogens is 2. The van der Waals surface area contributed by atoms with Crippen molar-refractivity contribution >= 4 is 29.9 Å². The van der Waals surface area contributed by atoms with Gasteiger partial charge < -0.3 is 15.2 Å². The normalized spacial score (nSPS) is 11.0. The van der Waals surface area contributed by atoms with Gasteiger partial charge in [0.1, 0.15) is 5.82 Å². The van der Waals surface area contributed by atoms with Gasteiger partial charge in [-0.25, -0.2) is 9.38 Å². The Bertz CT molecular complexity index is 600. The molecule has 0 atom stereocenters. The van der Waals surface area contributed by atoms with Gasteiger partial charge in [0.15, 0.2) is 11.8 Å². The molecule has 0 aliphatic carbocycles. The van der Waals surface area contributed by atoms with Crippen LogP contribution >= 0.6 is 24.0 Å². The van der Waals surface area contributed by atoms with Crippen LogP contribution in [0.5, 0.6) is 0 Å². The smallest absolute Gasteiger partial charge is 0.246 e. The fraction of sp³-hybridized carbons (Fsp3) is 0.357. The van der Waals surface area contributed by atoms with Gasteiger partial charge >= 0.3 is 0 Å². The van der Waals surface area contributed by atoms with Crippen LogP contribution in [0.1, 0.15) is 24.2 Å². The summed E-state index contributed by atoms with van der Waals surface area (Å²) >= 11 is 0. The Morgan fingerprint density at radius 2 is 2.00 bits per heavy atom. The van der Waals surface area contributed by atoms with E-state index in [1.165, 1.54) is 12.1 Å². The topological polar surface area (TPSA) is 75.3 Å². The molecule has 0 aliphatic rings. The molecule has 1 heterocycles. The molecule has 0 unspecified atom stereocenters. The van der Waals surface area contributed by atoms with E-state index in [0.717, 1.165) is 12.1 Å². The lowest BCUT2D eigenvalue weighted by molar-refractivity contribution is 0.371. The predicted molar refractivity (Wildman–Crippen MR) is 92.5 cm³/mol. The summed E-state index contributed by atoms with van der Waals surface area (Å²) in [7, 11) is 0. The number of aryl methyl sites for hydroxylation is 1. The fourth-order valence-electron chi connectivity index (χ4n) is 1.67. The van der Waals surface area contributed by atoms with E-state index in [0.29, 0.717) is 30.8 Å². The highest BCUT2D eigenvalue weighted by Crippen LogP contribution is 2.04. The summed E-state index contributed by atoms with van der Waals surface area (Å²) in [5.41, 5.74) is 0.933. The maximum atomic E-state index is 12.8. The summed E-state index contributed by atoms with van der Waals surface area (Å²) in [5, 5.41) is 9.94. The molecule has 0 amide bonds. The number of guanidine groups is 1. The van der Waals surface area contributed by atoms with Gasteiger partial charge in [-0.2, -0.15) is 4.98 Å². The summed E-state index contributed by atoms with van der Waals surface area (Å²) < 4.78 is 17.9. The number of hydrogen-bond acceptors (Lipinski definition) is 4. The van der Waals surface area contributed by atoms with Crippen LogP contribution in [-0.4, -0.2) is 22.6 Å². The van der Waals surface area contributed by atoms with Crippen molar-refractivity contribution in [3.05, 3.63) is 47.4 Å². The van der Waals surface area contributed by atoms with Gasteiger partial charge in [0, 0.05) is 6.54 Å². The number of benzene rings is 1. The first kappa shape index (κ1) is 18.3. The quantitative estimate of drug-likeness (QED) is 0.442. The van der Waals surface area contributed by atoms with Crippen molar-refractivity contribution in [1.82, 2.24) is 20.8 Å². The van der Waals surface area contributed by atoms with Crippen molar-refractivity contribution in [2.24, 2.45) is 4.99 Å². The zero-order valence-corrected chi connectivity index (χ0v) is 14.8. The SMILES string of the molecule is CCNC(=NCc1ccc(F)cc1)NCc1nc(C)no1.I. The van der Waals surface area contributed by atoms with Crippen LogP contribution in [0, 0.1) is 12.7 Å². The molecule has 120 valence electrons. The summed E-state index contributed by atoms with van der Waals surface area (Å²) in [6.07, 6.45) is 0. The van der Waals surface area contributed by atoms with Crippen LogP contribution in [0.15, 0.2) is 33.8 Å². The average Bonchev–Trinajstić information content (AvgIpc) is 2.89. The van der Waals surface area contributed by atoms with Gasteiger partial charge in [0.05, 0.1) is 13.1 Å². The molecular weight excluding hydrogens is 400 g/mol. The molecule has 0 aliphatic heterocycles. The number of nitrogens with one attached hydrogen (secondary N) is 2. The minimum Gasteiger partial charge on any atom is -0.357 e. The summed E-state index contributed by atoms with van der Waals surface area (Å²) in [4.78, 5) is 8.52. The maximum absolute atomic E-state index is 12.8. The Hall–Kier alpha value is -1.71. The van der Waals surface area contributed by atoms with Crippen molar-refractivity contribution in [2.45, 2.75) is 26.9 Å². The van der Waals surface area contributed by atoms with Crippen LogP contribution in [0.3, 0.4) is 0 Å². The second kappa shape index (κ2) is 9.34. The van der Waals surface area contributed by atoms with Gasteiger partial charge in [-0.05, 0) is 31.5 Å². The number of aliphatic imine (C=N–C) groups is 1. The minimum atomic E-state index is -0.250. The van der Waals surface area contributed by atoms with Gasteiger partial charge in [-0.15, -0.1) is 24.0 Å². The molecule has 6 nitrogen and oxygen atoms in total. The van der Waals surface area contributed by atoms with E-state index >= 15 is 0 Å². The average molecular weight is 419 g/mol. The van der Waals surface area contributed by atoms with E-state index in [-0.39, 0.29) is 29.8 Å². The summed E-state index contributed by atoms with van der Waals surface area (Å²) in [5.74, 6) is 1.48. The molecule has 1 aromatic heterocycles. The van der Waals surface area contributed by atoms with Crippen molar-refractivity contribution in [3.63, 3.8) is 0 Å². The molecule has 22 heavy (non-hydrogen) atoms. The van der Waals surface area contributed by atoms with E-state index in [1.54, 1.807) is 19.1 Å². The van der Waals surface area contributed by atoms with Crippen molar-refractivity contribution in [3.8, 4) is 0 Å². The monoisotopic (exact) mass is 419 g/mol. The van der Waals surface area contributed by atoms with Crippen molar-refractivity contribution in [2.75, 3.05) is 6.54 Å². The zero-order valence-electron chi connectivity index (χ0n) is 12.5. The highest BCUT2D eigenvalue weighted by molar-refractivity contribution is 14.0. The van der Waals surface area contributed by atoms with Crippen LogP contribution in [0.2, 0.25) is 0 Å². The lowest BCUT2D eigenvalue weighted by Gasteiger charge is -2.09. The molecule has 0 bridgehead atoms. The Morgan fingerprint density at radius 3 is 2.59 bits per heavy atom. The molecular formula is C14H19FIN5O. The first-order valence-corrected chi connectivity index (χ1v) is 6.73. The zero-order chi connectivity index (χ0) is 15.1. The Morgan fingerprint density at radius 1 is 1.27 bits per heavy atom. The third kappa shape index (κ3) is 5.96. The van der Waals surface area contributed by atoms with Gasteiger partial charge in [0.2, 0.25) is 5.89 Å². The molecule has 8 heteroatoms. The highest BCUT2D eigenvalue weighted by atomic mass is 127. The van der Waals surface area contributed by atoms with E-state index < -0.39 is 0 Å². The fourth-order valence-corrected chi connectivity index (χ4v) is 1.67. The Balaban J connectivity index is 0.00000242. The van der Waals surface area contributed by atoms with Gasteiger partial charge in [-0.3, -0.25) is 0 Å². The van der Waals surface area contributed by atoms with E-state index in [1.807, 2.05) is 6.92 Å². The van der Waals surface area contributed by atoms with Gasteiger partial charge in [-0.1, -0.05) is 17.3 Å². The van der Waals surface area contributed by atoms with E-state index in [2.05, 4.69) is 25.8 Å². The van der Waals surface area contributed by atoms with Crippen molar-refractivity contribution < 1.29 is 8.91 Å². The first-order chi connectivity index (χ1) is 10.2. The van der Waals surface area contributed by atoms with Crippen LogP contribution in [-0.2, 0) is 13.1 Å². The predicted octanol–water partition coefficient (Wildman–Crippen LogP) is 2.39. The Labute approximate surface area is 145 Å². The van der Waals surface area contributed by atoms with E-state index in [9.17, 15) is 4.39 Å². The highest BCUT2D eigenvalue weighted by Gasteiger charge is 2.04. The molecule has 0 spiro atoms. The second-order valence-electron chi connectivity index (χ2n) is 4.41. The third-order valence-electron chi connectivity index (χ3n) is 2.65. The molecule has 2 rings (SSSR count). The Kier molecular flexibility index (Phi) is 7.78. The maximum Gasteiger partial charge on any atom is 0.246 e. The van der Waals surface area contributed by atoms with Crippen molar-refractivity contribution in [1.29, 1.82) is 0 Å². The lowest BCUT2D eigenvalue weighted by Crippen LogP contribution is -2.36. The largest absolute Gasteiger partial charge is 0.357 e. The molecule has 0 fully saturated rings. The number of aromatic nitrogens is 2. The summed E-state index contributed by atoms with van der Waals surface area (Å²) in [6, 6.07) is 6.27. The van der Waals surface area contributed by atoms with Crippen LogP contribution in [0.4, 0.5) is 4.39 Å². The molecule has 2 aromatic rings. The molecule has 0 radical (unpaired) electrons. The number of hydrogen-bond donors (Lipinski definition) is 2. The number of nitrogens with zero attached hydrogens (tertiary/aromatic N) is 3. The van der Waals surface area contributed by atoms with Crippen LogP contribution < -0.4 is 10.6 Å². The number of rotatable bonds is 5. The standard InChI is InChI=1S/C14H18FN5O.HI/c1-3-16-14(18-9-13-19-10(2)20-21-13)17-8-11-4-6-12(15)7-5-11;/h4-7H,3,8-9H2,1-2H3,(H2,16,17,18);1H. The summed E-state index contributed by atoms with van der Waals surface area (Å²) in [6.45, 7) is 5.33. The van der Waals surface area contributed by atoms with E-state index in [4.69, 9.17) is 4.52 Å².